The lowest BCUT2D eigenvalue weighted by Crippen LogP contribution is -2.68. The number of allylic oxidation sites excluding steroid dienone is 2. The second-order valence-electron chi connectivity index (χ2n) is 18.9. The molecule has 1 aliphatic heterocycles. The summed E-state index contributed by atoms with van der Waals surface area (Å²) in [4.78, 5) is 28.5. The molecule has 4 saturated carbocycles. The van der Waals surface area contributed by atoms with Crippen molar-refractivity contribution in [1.82, 2.24) is 10.2 Å². The molecule has 52 heavy (non-hydrogen) atoms. The van der Waals surface area contributed by atoms with E-state index in [2.05, 4.69) is 63.0 Å². The van der Waals surface area contributed by atoms with E-state index in [1.165, 1.54) is 50.5 Å². The summed E-state index contributed by atoms with van der Waals surface area (Å²) < 4.78 is 12.3. The predicted molar refractivity (Wildman–Crippen MR) is 209 cm³/mol. The van der Waals surface area contributed by atoms with Crippen molar-refractivity contribution in [2.45, 2.75) is 110 Å². The van der Waals surface area contributed by atoms with Gasteiger partial charge in [0, 0.05) is 18.6 Å². The molecule has 1 saturated heterocycles. The minimum atomic E-state index is -0.875. The molecule has 4 unspecified atom stereocenters. The van der Waals surface area contributed by atoms with Gasteiger partial charge >= 0.3 is 5.97 Å². The lowest BCUT2D eigenvalue weighted by Gasteiger charge is -2.72. The molecule has 2 N–H and O–H groups in total. The lowest BCUT2D eigenvalue weighted by atomic mass is 9.33. The Morgan fingerprint density at radius 1 is 0.827 bits per heavy atom. The second-order valence-corrected chi connectivity index (χ2v) is 20.6. The van der Waals surface area contributed by atoms with Crippen LogP contribution in [0.3, 0.4) is 0 Å². The topological polar surface area (TPSA) is 92.7 Å². The van der Waals surface area contributed by atoms with Gasteiger partial charge in [-0.05, 0) is 132 Å². The lowest BCUT2D eigenvalue weighted by molar-refractivity contribution is -0.217. The Morgan fingerprint density at radius 3 is 2.23 bits per heavy atom. The zero-order valence-electron chi connectivity index (χ0n) is 32.1. The molecule has 1 heterocycles. The van der Waals surface area contributed by atoms with Crippen LogP contribution in [0.4, 0.5) is 0 Å². The van der Waals surface area contributed by atoms with Crippen molar-refractivity contribution >= 4 is 28.6 Å². The molecule has 8 rings (SSSR count). The molecule has 0 radical (unpaired) electrons. The van der Waals surface area contributed by atoms with E-state index in [0.717, 1.165) is 30.4 Å². The minimum Gasteiger partial charge on any atom is -0.616 e. The van der Waals surface area contributed by atoms with Gasteiger partial charge in [0.05, 0.1) is 5.56 Å². The standard InChI is InChI=1S/C45H60N2O4S/c1-41(2)33(30-13-15-32(16-14-30)40(49)50)19-22-42(3)36(41)20-23-44(5)37(42)18-17-34-35-12-9-21-45(35,25-24-43(34,44)4)46-39(48)38(31-10-7-6-8-11-31)47-26-28-52(51)29-27-47/h6-8,10-11,13-16,19,34-38H,9,12,17-18,20-29H2,1-5H3,(H,46,48)(H,49,50)/t34-,35?,36?,37?,38?,42+,43-,44-,45+/m1/s1. The molecule has 6 aliphatic rings. The van der Waals surface area contributed by atoms with Gasteiger partial charge in [-0.2, -0.15) is 0 Å². The van der Waals surface area contributed by atoms with Crippen molar-refractivity contribution < 1.29 is 19.2 Å². The number of carbonyl (C=O) groups excluding carboxylic acids is 1. The van der Waals surface area contributed by atoms with Crippen molar-refractivity contribution in [3.63, 3.8) is 0 Å². The Kier molecular flexibility index (Phi) is 9.10. The van der Waals surface area contributed by atoms with E-state index in [1.807, 2.05) is 30.3 Å². The third-order valence-corrected chi connectivity index (χ3v) is 18.0. The van der Waals surface area contributed by atoms with Crippen LogP contribution < -0.4 is 5.32 Å². The van der Waals surface area contributed by atoms with Crippen LogP contribution in [0, 0.1) is 45.3 Å². The second kappa shape index (κ2) is 13.0. The smallest absolute Gasteiger partial charge is 0.335 e. The zero-order chi connectivity index (χ0) is 36.7. The molecule has 2 aromatic carbocycles. The van der Waals surface area contributed by atoms with E-state index >= 15 is 0 Å². The fourth-order valence-corrected chi connectivity index (χ4v) is 15.1. The fraction of sp³-hybridized carbons (Fsp3) is 0.644. The summed E-state index contributed by atoms with van der Waals surface area (Å²) in [6, 6.07) is 17.5. The zero-order valence-corrected chi connectivity index (χ0v) is 32.9. The van der Waals surface area contributed by atoms with Gasteiger partial charge in [0.2, 0.25) is 5.91 Å². The number of benzene rings is 2. The average Bonchev–Trinajstić information content (AvgIpc) is 3.53. The van der Waals surface area contributed by atoms with Gasteiger partial charge < -0.3 is 15.0 Å². The maximum absolute atomic E-state index is 14.6. The molecule has 1 amide bonds. The van der Waals surface area contributed by atoms with Crippen LogP contribution in [-0.4, -0.2) is 56.6 Å². The van der Waals surface area contributed by atoms with E-state index < -0.39 is 17.1 Å². The number of carboxylic acid groups (broad SMARTS) is 1. The van der Waals surface area contributed by atoms with Crippen molar-refractivity contribution in [2.24, 2.45) is 45.3 Å². The number of carbonyl (C=O) groups is 2. The summed E-state index contributed by atoms with van der Waals surface area (Å²) in [7, 11) is 0. The Balaban J connectivity index is 1.06. The highest BCUT2D eigenvalue weighted by atomic mass is 32.2. The maximum Gasteiger partial charge on any atom is 0.335 e. The van der Waals surface area contributed by atoms with Crippen molar-refractivity contribution in [1.29, 1.82) is 0 Å². The number of aromatic carboxylic acids is 1. The third-order valence-electron chi connectivity index (χ3n) is 16.7. The summed E-state index contributed by atoms with van der Waals surface area (Å²) >= 11 is -0.794. The van der Waals surface area contributed by atoms with Gasteiger partial charge in [-0.15, -0.1) is 0 Å². The number of carboxylic acids is 1. The molecule has 2 aromatic rings. The molecular formula is C45H60N2O4S. The maximum atomic E-state index is 14.6. The molecule has 6 nitrogen and oxygen atoms in total. The van der Waals surface area contributed by atoms with Crippen LogP contribution >= 0.6 is 0 Å². The molecule has 5 fully saturated rings. The van der Waals surface area contributed by atoms with Crippen LogP contribution in [0.5, 0.6) is 0 Å². The largest absolute Gasteiger partial charge is 0.616 e. The number of fused-ring (bicyclic) bond motifs is 7. The molecule has 5 aliphatic carbocycles. The van der Waals surface area contributed by atoms with Gasteiger partial charge in [0.25, 0.3) is 0 Å². The van der Waals surface area contributed by atoms with E-state index in [0.29, 0.717) is 53.8 Å². The molecule has 0 spiro atoms. The van der Waals surface area contributed by atoms with Gasteiger partial charge in [0.1, 0.15) is 17.5 Å². The van der Waals surface area contributed by atoms with Gasteiger partial charge in [-0.25, -0.2) is 4.79 Å². The Labute approximate surface area is 314 Å². The quantitative estimate of drug-likeness (QED) is 0.291. The first-order chi connectivity index (χ1) is 24.7. The first-order valence-electron chi connectivity index (χ1n) is 20.2. The fourth-order valence-electron chi connectivity index (χ4n) is 14.1. The summed E-state index contributed by atoms with van der Waals surface area (Å²) in [5.41, 5.74) is 4.45. The number of hydrogen-bond donors (Lipinski definition) is 2. The van der Waals surface area contributed by atoms with Crippen molar-refractivity contribution in [3.8, 4) is 0 Å². The number of nitrogens with one attached hydrogen (secondary N) is 1. The highest BCUT2D eigenvalue weighted by molar-refractivity contribution is 7.91. The normalized spacial score (nSPS) is 39.2. The van der Waals surface area contributed by atoms with Gasteiger partial charge in [0.15, 0.2) is 0 Å². The molecule has 9 atom stereocenters. The summed E-state index contributed by atoms with van der Waals surface area (Å²) in [5, 5.41) is 13.3. The molecule has 7 heteroatoms. The van der Waals surface area contributed by atoms with E-state index in [4.69, 9.17) is 0 Å². The summed E-state index contributed by atoms with van der Waals surface area (Å²) in [5.74, 6) is 2.86. The van der Waals surface area contributed by atoms with Crippen LogP contribution in [0.2, 0.25) is 0 Å². The van der Waals surface area contributed by atoms with Crippen LogP contribution in [0.15, 0.2) is 60.7 Å². The van der Waals surface area contributed by atoms with E-state index in [-0.39, 0.29) is 39.1 Å². The summed E-state index contributed by atoms with van der Waals surface area (Å²) in [6.45, 7) is 14.2. The predicted octanol–water partition coefficient (Wildman–Crippen LogP) is 8.91. The molecular weight excluding hydrogens is 665 g/mol. The molecule has 280 valence electrons. The molecule has 0 aromatic heterocycles. The Morgan fingerprint density at radius 2 is 1.54 bits per heavy atom. The van der Waals surface area contributed by atoms with Crippen molar-refractivity contribution in [3.05, 3.63) is 77.4 Å². The van der Waals surface area contributed by atoms with Crippen LogP contribution in [0.1, 0.15) is 126 Å². The highest BCUT2D eigenvalue weighted by Gasteiger charge is 2.69. The average molecular weight is 725 g/mol. The van der Waals surface area contributed by atoms with Crippen LogP contribution in [0.25, 0.3) is 5.57 Å². The number of nitrogens with zero attached hydrogens (tertiary/aromatic N) is 1. The molecule has 0 bridgehead atoms. The monoisotopic (exact) mass is 724 g/mol. The first kappa shape index (κ1) is 36.4. The number of amides is 1. The minimum absolute atomic E-state index is 0.00698. The van der Waals surface area contributed by atoms with Gasteiger partial charge in [-0.1, -0.05) is 101 Å². The number of rotatable bonds is 6. The third kappa shape index (κ3) is 5.48. The summed E-state index contributed by atoms with van der Waals surface area (Å²) in [6.07, 6.45) is 14.3. The Bertz CT molecular complexity index is 1720. The first-order valence-corrected chi connectivity index (χ1v) is 21.7. The SMILES string of the molecule is CC1(C)C(c2ccc(C(=O)O)cc2)=CC[C@@]2(C)C1CC[C@]1(C)C2CC[C@@H]2C3CCC[C@]3(NC(=O)C(c3ccccc3)N3CC[S+]([O-])CC3)CC[C@]21C. The van der Waals surface area contributed by atoms with Gasteiger partial charge in [-0.3, -0.25) is 9.69 Å². The number of hydrogen-bond acceptors (Lipinski definition) is 4. The van der Waals surface area contributed by atoms with E-state index in [9.17, 15) is 19.2 Å². The Hall–Kier alpha value is -2.61. The van der Waals surface area contributed by atoms with E-state index in [1.54, 1.807) is 12.1 Å². The van der Waals surface area contributed by atoms with Crippen molar-refractivity contribution in [2.75, 3.05) is 24.6 Å². The van der Waals surface area contributed by atoms with Crippen LogP contribution in [-0.2, 0) is 16.0 Å². The highest BCUT2D eigenvalue weighted by Crippen LogP contribution is 2.76.